The van der Waals surface area contributed by atoms with E-state index in [0.717, 1.165) is 31.0 Å². The number of pyridine rings is 1. The number of nitrogens with one attached hydrogen (secondary N) is 1. The minimum absolute atomic E-state index is 0.144. The Hall–Kier alpha value is -3.14. The van der Waals surface area contributed by atoms with Crippen LogP contribution in [0.3, 0.4) is 0 Å². The van der Waals surface area contributed by atoms with E-state index < -0.39 is 24.1 Å². The van der Waals surface area contributed by atoms with Crippen LogP contribution in [0.15, 0.2) is 42.6 Å². The molecule has 3 aliphatic rings. The number of methoxy groups -OCH3 is 1. The number of rotatable bonds is 4. The van der Waals surface area contributed by atoms with E-state index in [9.17, 15) is 15.0 Å². The van der Waals surface area contributed by atoms with Gasteiger partial charge in [0.05, 0.1) is 7.11 Å². The molecule has 2 aliphatic heterocycles. The quantitative estimate of drug-likeness (QED) is 0.450. The van der Waals surface area contributed by atoms with Crippen molar-refractivity contribution in [2.45, 2.75) is 50.2 Å². The maximum atomic E-state index is 12.7. The fraction of sp³-hybridized carbons (Fsp3) is 0.462. The van der Waals surface area contributed by atoms with Crippen LogP contribution in [0.2, 0.25) is 0 Å². The fourth-order valence-corrected chi connectivity index (χ4v) is 5.80. The first kappa shape index (κ1) is 23.6. The molecule has 0 spiro atoms. The Bertz CT molecular complexity index is 1130. The molecular formula is C26H31N3O6. The normalized spacial score (nSPS) is 27.3. The van der Waals surface area contributed by atoms with Gasteiger partial charge in [0.25, 0.3) is 0 Å². The molecule has 1 amide bonds. The van der Waals surface area contributed by atoms with Crippen LogP contribution < -0.4 is 14.8 Å². The Balaban J connectivity index is 1.38. The van der Waals surface area contributed by atoms with E-state index in [0.29, 0.717) is 12.3 Å². The second kappa shape index (κ2) is 9.14. The molecule has 1 aromatic heterocycles. The number of allylic oxidation sites excluding steroid dienone is 1. The van der Waals surface area contributed by atoms with Crippen molar-refractivity contribution in [3.8, 4) is 11.5 Å². The lowest BCUT2D eigenvalue weighted by Gasteiger charge is -2.38. The summed E-state index contributed by atoms with van der Waals surface area (Å²) in [6.45, 7) is 3.90. The number of benzene rings is 1. The summed E-state index contributed by atoms with van der Waals surface area (Å²) in [6, 6.07) is 7.07. The second-order valence-electron chi connectivity index (χ2n) is 9.81. The van der Waals surface area contributed by atoms with Crippen molar-refractivity contribution in [3.63, 3.8) is 0 Å². The third-order valence-electron chi connectivity index (χ3n) is 7.20. The summed E-state index contributed by atoms with van der Waals surface area (Å²) in [5, 5.41) is 21.0. The standard InChI is InChI=1S/C26H31N3O6/c1-26-11-18(34-25(32)28-20-10-8-15(12-27-20)24(30)31)6-4-5-17-14-29(2)13-16-7-9-19(33-3)23(35-26)21(16)22(17)26/h4,6-10,12,17-18,22,24,30-31H,5,11,13-14H2,1-3H3,(H,27,28,32)/t17?,18-,22+,26-/m0/s1. The van der Waals surface area contributed by atoms with Gasteiger partial charge in [-0.3, -0.25) is 5.32 Å². The molecule has 0 bridgehead atoms. The van der Waals surface area contributed by atoms with Crippen LogP contribution >= 0.6 is 0 Å². The molecule has 0 saturated carbocycles. The molecule has 35 heavy (non-hydrogen) atoms. The van der Waals surface area contributed by atoms with Crippen LogP contribution in [0.1, 0.15) is 48.7 Å². The highest BCUT2D eigenvalue weighted by atomic mass is 16.6. The molecule has 2 aromatic rings. The van der Waals surface area contributed by atoms with Gasteiger partial charge in [-0.1, -0.05) is 12.1 Å². The van der Waals surface area contributed by atoms with E-state index in [-0.39, 0.29) is 17.3 Å². The van der Waals surface area contributed by atoms with E-state index in [4.69, 9.17) is 14.2 Å². The fourth-order valence-electron chi connectivity index (χ4n) is 5.80. The number of aliphatic hydroxyl groups is 2. The van der Waals surface area contributed by atoms with Crippen molar-refractivity contribution < 1.29 is 29.2 Å². The van der Waals surface area contributed by atoms with Gasteiger partial charge in [-0.05, 0) is 56.1 Å². The van der Waals surface area contributed by atoms with Crippen molar-refractivity contribution in [1.29, 1.82) is 0 Å². The Kier molecular flexibility index (Phi) is 6.16. The minimum atomic E-state index is -1.62. The van der Waals surface area contributed by atoms with Crippen LogP contribution in [0.4, 0.5) is 10.6 Å². The Morgan fingerprint density at radius 2 is 2.14 bits per heavy atom. The molecule has 1 unspecified atom stereocenters. The SMILES string of the molecule is COc1ccc2c3c1O[C@@]1(C)C[C@@H](OC(=O)Nc4ccc(C(O)O)cn4)C=CCC(CN(C)C2)[C@H]31. The summed E-state index contributed by atoms with van der Waals surface area (Å²) >= 11 is 0. The number of anilines is 1. The summed E-state index contributed by atoms with van der Waals surface area (Å²) in [7, 11) is 3.81. The molecule has 186 valence electrons. The van der Waals surface area contributed by atoms with Crippen molar-refractivity contribution in [1.82, 2.24) is 9.88 Å². The first-order valence-electron chi connectivity index (χ1n) is 11.8. The number of hydrogen-bond donors (Lipinski definition) is 3. The van der Waals surface area contributed by atoms with Crippen LogP contribution in [-0.4, -0.2) is 58.6 Å². The van der Waals surface area contributed by atoms with Crippen molar-refractivity contribution >= 4 is 11.9 Å². The third-order valence-corrected chi connectivity index (χ3v) is 7.20. The molecule has 4 atom stereocenters. The lowest BCUT2D eigenvalue weighted by atomic mass is 9.71. The number of hydrogen-bond acceptors (Lipinski definition) is 8. The van der Waals surface area contributed by atoms with E-state index in [1.54, 1.807) is 7.11 Å². The van der Waals surface area contributed by atoms with E-state index >= 15 is 0 Å². The van der Waals surface area contributed by atoms with Gasteiger partial charge in [-0.25, -0.2) is 9.78 Å². The maximum absolute atomic E-state index is 12.7. The molecule has 9 nitrogen and oxygen atoms in total. The topological polar surface area (TPSA) is 113 Å². The minimum Gasteiger partial charge on any atom is -0.493 e. The summed E-state index contributed by atoms with van der Waals surface area (Å²) in [4.78, 5) is 19.1. The largest absolute Gasteiger partial charge is 0.493 e. The molecular weight excluding hydrogens is 450 g/mol. The number of aliphatic hydroxyl groups excluding tert-OH is 1. The monoisotopic (exact) mass is 481 g/mol. The first-order valence-corrected chi connectivity index (χ1v) is 11.8. The molecule has 1 aliphatic carbocycles. The highest BCUT2D eigenvalue weighted by Crippen LogP contribution is 2.57. The summed E-state index contributed by atoms with van der Waals surface area (Å²) in [6.07, 6.45) is 3.91. The predicted octanol–water partition coefficient (Wildman–Crippen LogP) is 3.34. The van der Waals surface area contributed by atoms with Crippen molar-refractivity contribution in [3.05, 3.63) is 59.3 Å². The number of nitrogens with zero attached hydrogens (tertiary/aromatic N) is 2. The lowest BCUT2D eigenvalue weighted by molar-refractivity contribution is -0.0427. The Labute approximate surface area is 204 Å². The molecule has 3 N–H and O–H groups in total. The van der Waals surface area contributed by atoms with E-state index in [1.165, 1.54) is 29.5 Å². The summed E-state index contributed by atoms with van der Waals surface area (Å²) in [5.41, 5.74) is 2.13. The smallest absolute Gasteiger partial charge is 0.413 e. The molecule has 0 radical (unpaired) electrons. The highest BCUT2D eigenvalue weighted by Gasteiger charge is 2.53. The average Bonchev–Trinajstić information content (AvgIpc) is 3.00. The second-order valence-corrected chi connectivity index (χ2v) is 9.81. The number of carbonyl (C=O) groups is 1. The van der Waals surface area contributed by atoms with Gasteiger partial charge in [0.2, 0.25) is 0 Å². The highest BCUT2D eigenvalue weighted by molar-refractivity contribution is 5.83. The van der Waals surface area contributed by atoms with Gasteiger partial charge in [-0.2, -0.15) is 0 Å². The molecule has 0 fully saturated rings. The number of amides is 1. The number of ether oxygens (including phenoxy) is 3. The number of aromatic nitrogens is 1. The summed E-state index contributed by atoms with van der Waals surface area (Å²) < 4.78 is 18.1. The van der Waals surface area contributed by atoms with Crippen molar-refractivity contribution in [2.24, 2.45) is 5.92 Å². The van der Waals surface area contributed by atoms with Gasteiger partial charge >= 0.3 is 6.09 Å². The Morgan fingerprint density at radius 1 is 1.31 bits per heavy atom. The molecule has 9 heteroatoms. The van der Waals surface area contributed by atoms with Crippen LogP contribution in [-0.2, 0) is 11.3 Å². The van der Waals surface area contributed by atoms with Gasteiger partial charge in [0.1, 0.15) is 17.5 Å². The maximum Gasteiger partial charge on any atom is 0.413 e. The molecule has 1 aromatic carbocycles. The van der Waals surface area contributed by atoms with Gasteiger partial charge in [0, 0.05) is 42.8 Å². The zero-order valence-electron chi connectivity index (χ0n) is 20.1. The van der Waals surface area contributed by atoms with E-state index in [1.807, 2.05) is 12.1 Å². The van der Waals surface area contributed by atoms with Crippen molar-refractivity contribution in [2.75, 3.05) is 26.0 Å². The summed E-state index contributed by atoms with van der Waals surface area (Å²) in [5.74, 6) is 2.29. The van der Waals surface area contributed by atoms with Gasteiger partial charge in [0.15, 0.2) is 17.8 Å². The predicted molar refractivity (Wildman–Crippen MR) is 128 cm³/mol. The van der Waals surface area contributed by atoms with Crippen LogP contribution in [0.25, 0.3) is 0 Å². The zero-order valence-corrected chi connectivity index (χ0v) is 20.1. The zero-order chi connectivity index (χ0) is 24.7. The van der Waals surface area contributed by atoms with Gasteiger partial charge < -0.3 is 29.3 Å². The molecule has 5 rings (SSSR count). The lowest BCUT2D eigenvalue weighted by Crippen LogP contribution is -2.44. The molecule has 0 saturated heterocycles. The average molecular weight is 482 g/mol. The Morgan fingerprint density at radius 3 is 2.86 bits per heavy atom. The van der Waals surface area contributed by atoms with Gasteiger partial charge in [-0.15, -0.1) is 0 Å². The molecule has 3 heterocycles. The third kappa shape index (κ3) is 4.47. The van der Waals surface area contributed by atoms with Crippen LogP contribution in [0, 0.1) is 5.92 Å². The van der Waals surface area contributed by atoms with Crippen LogP contribution in [0.5, 0.6) is 11.5 Å². The van der Waals surface area contributed by atoms with E-state index in [2.05, 4.69) is 41.3 Å². The number of carbonyl (C=O) groups excluding carboxylic acids is 1. The first-order chi connectivity index (χ1) is 16.8.